The van der Waals surface area contributed by atoms with Crippen molar-refractivity contribution in [3.8, 4) is 11.4 Å². The number of aromatic nitrogens is 6. The Balaban J connectivity index is 1.43. The Bertz CT molecular complexity index is 1600. The van der Waals surface area contributed by atoms with Crippen LogP contribution in [0.5, 0.6) is 0 Å². The van der Waals surface area contributed by atoms with Crippen molar-refractivity contribution < 1.29 is 13.2 Å². The molecule has 0 bridgehead atoms. The van der Waals surface area contributed by atoms with Crippen LogP contribution in [0.4, 0.5) is 0 Å². The third-order valence-electron chi connectivity index (χ3n) is 7.84. The predicted molar refractivity (Wildman–Crippen MR) is 154 cm³/mol. The summed E-state index contributed by atoms with van der Waals surface area (Å²) in [5.41, 5.74) is 3.74. The molecular weight excluding hydrogens is 540 g/mol. The average Bonchev–Trinajstić information content (AvgIpc) is 3.48. The maximum atomic E-state index is 13.6. The summed E-state index contributed by atoms with van der Waals surface area (Å²) in [6.07, 6.45) is 5.52. The van der Waals surface area contributed by atoms with Gasteiger partial charge in [-0.1, -0.05) is 18.2 Å². The Morgan fingerprint density at radius 3 is 2.54 bits per heavy atom. The second-order valence-electron chi connectivity index (χ2n) is 10.4. The molecule has 0 unspecified atom stereocenters. The Morgan fingerprint density at radius 2 is 1.83 bits per heavy atom. The number of aryl methyl sites for hydroxylation is 2. The normalized spacial score (nSPS) is 17.0. The largest absolute Gasteiger partial charge is 0.352 e. The van der Waals surface area contributed by atoms with E-state index in [-0.39, 0.29) is 23.3 Å². The van der Waals surface area contributed by atoms with Crippen LogP contribution in [0.3, 0.4) is 0 Å². The predicted octanol–water partition coefficient (Wildman–Crippen LogP) is 3.04. The molecule has 4 aromatic rings. The first-order chi connectivity index (χ1) is 19.8. The van der Waals surface area contributed by atoms with E-state index in [0.717, 1.165) is 22.5 Å². The number of nitrogens with one attached hydrogen (secondary N) is 1. The molecule has 0 fully saturated rings. The summed E-state index contributed by atoms with van der Waals surface area (Å²) in [6.45, 7) is 5.43. The van der Waals surface area contributed by atoms with Crippen LogP contribution in [0.2, 0.25) is 0 Å². The molecule has 1 aliphatic heterocycles. The number of benzene rings is 1. The Kier molecular flexibility index (Phi) is 8.60. The van der Waals surface area contributed by atoms with Crippen LogP contribution >= 0.6 is 0 Å². The fourth-order valence-electron chi connectivity index (χ4n) is 5.38. The highest BCUT2D eigenvalue weighted by molar-refractivity contribution is 7.89. The van der Waals surface area contributed by atoms with Crippen LogP contribution in [-0.2, 0) is 41.4 Å². The maximum absolute atomic E-state index is 13.6. The molecule has 0 saturated carbocycles. The zero-order chi connectivity index (χ0) is 29.0. The number of hydrogen-bond donors (Lipinski definition) is 1. The summed E-state index contributed by atoms with van der Waals surface area (Å²) in [7, 11) is -1.83. The molecule has 0 aliphatic carbocycles. The summed E-state index contributed by atoms with van der Waals surface area (Å²) < 4.78 is 32.5. The van der Waals surface area contributed by atoms with Gasteiger partial charge in [-0.2, -0.15) is 9.40 Å². The average molecular weight is 577 g/mol. The molecule has 216 valence electrons. The van der Waals surface area contributed by atoms with E-state index in [2.05, 4.69) is 25.6 Å². The fraction of sp³-hybridized carbons (Fsp3) is 0.414. The van der Waals surface area contributed by atoms with E-state index in [1.807, 2.05) is 42.3 Å². The second-order valence-corrected chi connectivity index (χ2v) is 12.4. The van der Waals surface area contributed by atoms with Gasteiger partial charge in [-0.15, -0.1) is 10.2 Å². The Labute approximate surface area is 240 Å². The second kappa shape index (κ2) is 12.3. The van der Waals surface area contributed by atoms with Gasteiger partial charge in [0.1, 0.15) is 5.82 Å². The molecule has 1 aromatic carbocycles. The molecule has 1 amide bonds. The van der Waals surface area contributed by atoms with Gasteiger partial charge < -0.3 is 9.88 Å². The van der Waals surface area contributed by atoms with E-state index >= 15 is 0 Å². The molecule has 3 aromatic heterocycles. The fourth-order valence-corrected chi connectivity index (χ4v) is 6.88. The van der Waals surface area contributed by atoms with Crippen LogP contribution in [0.15, 0.2) is 59.8 Å². The number of amides is 1. The van der Waals surface area contributed by atoms with Gasteiger partial charge in [-0.05, 0) is 57.4 Å². The van der Waals surface area contributed by atoms with Crippen molar-refractivity contribution >= 4 is 15.9 Å². The highest BCUT2D eigenvalue weighted by atomic mass is 32.2. The van der Waals surface area contributed by atoms with Gasteiger partial charge in [0.05, 0.1) is 10.6 Å². The number of nitrogens with zero attached hydrogens (tertiary/aromatic N) is 7. The van der Waals surface area contributed by atoms with Gasteiger partial charge in [0.25, 0.3) is 0 Å². The highest BCUT2D eigenvalue weighted by Gasteiger charge is 2.28. The minimum atomic E-state index is -3.72. The van der Waals surface area contributed by atoms with Crippen LogP contribution in [-0.4, -0.2) is 61.2 Å². The molecule has 1 aliphatic rings. The smallest absolute Gasteiger partial charge is 0.243 e. The van der Waals surface area contributed by atoms with E-state index in [0.29, 0.717) is 57.0 Å². The first-order valence-corrected chi connectivity index (χ1v) is 15.3. The van der Waals surface area contributed by atoms with Crippen LogP contribution in [0.1, 0.15) is 42.0 Å². The van der Waals surface area contributed by atoms with Crippen LogP contribution in [0, 0.1) is 19.8 Å². The van der Waals surface area contributed by atoms with Crippen LogP contribution < -0.4 is 5.32 Å². The van der Waals surface area contributed by atoms with E-state index in [9.17, 15) is 13.2 Å². The molecule has 11 nitrogen and oxygen atoms in total. The van der Waals surface area contributed by atoms with Crippen molar-refractivity contribution in [3.05, 3.63) is 77.6 Å². The lowest BCUT2D eigenvalue weighted by molar-refractivity contribution is -0.125. The summed E-state index contributed by atoms with van der Waals surface area (Å²) in [5.74, 6) is 0.968. The topological polar surface area (TPSA) is 128 Å². The SMILES string of the molecule is Cc1nn(C)c(C)c1CNC(=O)[C@H]1CCCN(S(=O)(=O)c2ccccc2)CCc2nnc(-c3cccnc3)n2CC1. The summed E-state index contributed by atoms with van der Waals surface area (Å²) in [4.78, 5) is 18.0. The third kappa shape index (κ3) is 6.23. The molecule has 5 rings (SSSR count). The molecule has 0 spiro atoms. The summed E-state index contributed by atoms with van der Waals surface area (Å²) in [6, 6.07) is 12.2. The minimum absolute atomic E-state index is 0.0538. The van der Waals surface area contributed by atoms with Gasteiger partial charge in [0.15, 0.2) is 5.82 Å². The maximum Gasteiger partial charge on any atom is 0.243 e. The molecule has 1 N–H and O–H groups in total. The minimum Gasteiger partial charge on any atom is -0.352 e. The Morgan fingerprint density at radius 1 is 1.02 bits per heavy atom. The van der Waals surface area contributed by atoms with E-state index in [1.54, 1.807) is 42.7 Å². The molecule has 0 radical (unpaired) electrons. The zero-order valence-electron chi connectivity index (χ0n) is 23.7. The van der Waals surface area contributed by atoms with E-state index < -0.39 is 10.0 Å². The number of carbonyl (C=O) groups excluding carboxylic acids is 1. The van der Waals surface area contributed by atoms with Crippen molar-refractivity contribution in [2.75, 3.05) is 13.1 Å². The standard InChI is InChI=1S/C29H36N8O3S/c1-21-26(22(2)35(3)34-21)20-31-29(38)23-10-8-16-36(41(39,40)25-11-5-4-6-12-25)17-14-27-32-33-28(37(27)18-13-23)24-9-7-15-30-19-24/h4-7,9,11-12,15,19,23H,8,10,13-14,16-18,20H2,1-3H3,(H,31,38)/t23-/m0/s1. The highest BCUT2D eigenvalue weighted by Crippen LogP contribution is 2.24. The van der Waals surface area contributed by atoms with Crippen molar-refractivity contribution in [2.45, 2.75) is 57.5 Å². The summed E-state index contributed by atoms with van der Waals surface area (Å²) in [5, 5.41) is 16.5. The molecule has 41 heavy (non-hydrogen) atoms. The quantitative estimate of drug-likeness (QED) is 0.374. The lowest BCUT2D eigenvalue weighted by Gasteiger charge is -2.22. The van der Waals surface area contributed by atoms with Crippen LogP contribution in [0.25, 0.3) is 11.4 Å². The van der Waals surface area contributed by atoms with Gasteiger partial charge in [-0.3, -0.25) is 14.5 Å². The molecule has 1 atom stereocenters. The first-order valence-electron chi connectivity index (χ1n) is 13.9. The monoisotopic (exact) mass is 576 g/mol. The molecular formula is C29H36N8O3S. The van der Waals surface area contributed by atoms with Gasteiger partial charge in [0.2, 0.25) is 15.9 Å². The van der Waals surface area contributed by atoms with Gasteiger partial charge in [0, 0.05) is 74.8 Å². The van der Waals surface area contributed by atoms with Crippen molar-refractivity contribution in [3.63, 3.8) is 0 Å². The van der Waals surface area contributed by atoms with Gasteiger partial charge in [-0.25, -0.2) is 8.42 Å². The van der Waals surface area contributed by atoms with Gasteiger partial charge >= 0.3 is 0 Å². The number of carbonyl (C=O) groups is 1. The number of hydrogen-bond acceptors (Lipinski definition) is 7. The molecule has 0 saturated heterocycles. The molecule has 12 heteroatoms. The zero-order valence-corrected chi connectivity index (χ0v) is 24.5. The number of pyridine rings is 1. The first kappa shape index (κ1) is 28.6. The van der Waals surface area contributed by atoms with E-state index in [4.69, 9.17) is 0 Å². The lowest BCUT2D eigenvalue weighted by Crippen LogP contribution is -2.35. The van der Waals surface area contributed by atoms with Crippen molar-refractivity contribution in [1.29, 1.82) is 0 Å². The third-order valence-corrected chi connectivity index (χ3v) is 9.76. The number of fused-ring (bicyclic) bond motifs is 1. The number of sulfonamides is 1. The lowest BCUT2D eigenvalue weighted by atomic mass is 9.97. The van der Waals surface area contributed by atoms with Crippen molar-refractivity contribution in [2.24, 2.45) is 13.0 Å². The number of rotatable bonds is 6. The van der Waals surface area contributed by atoms with E-state index in [1.165, 1.54) is 4.31 Å². The Hall–Kier alpha value is -3.90. The molecule has 4 heterocycles. The van der Waals surface area contributed by atoms with Crippen molar-refractivity contribution in [1.82, 2.24) is 39.2 Å². The summed E-state index contributed by atoms with van der Waals surface area (Å²) >= 11 is 0.